The van der Waals surface area contributed by atoms with E-state index in [-0.39, 0.29) is 17.5 Å². The standard InChI is InChI=1S/C10H12O3/c1-6-5-10-7(2-3-12-10)4-8(10)9(11)13-6/h5,7-8H,2-4H2,1H3/t7-,8+,10-/m0/s1. The van der Waals surface area contributed by atoms with Crippen LogP contribution in [0.1, 0.15) is 19.8 Å². The number of carbonyl (C=O) groups is 1. The van der Waals surface area contributed by atoms with Gasteiger partial charge in [0, 0.05) is 6.61 Å². The summed E-state index contributed by atoms with van der Waals surface area (Å²) in [4.78, 5) is 11.5. The summed E-state index contributed by atoms with van der Waals surface area (Å²) in [6, 6.07) is 0. The molecule has 13 heavy (non-hydrogen) atoms. The lowest BCUT2D eigenvalue weighted by molar-refractivity contribution is -0.175. The summed E-state index contributed by atoms with van der Waals surface area (Å²) in [5, 5.41) is 0. The van der Waals surface area contributed by atoms with Gasteiger partial charge in [0.2, 0.25) is 0 Å². The molecular weight excluding hydrogens is 168 g/mol. The fourth-order valence-corrected chi connectivity index (χ4v) is 2.83. The Kier molecular flexibility index (Phi) is 1.25. The minimum atomic E-state index is -0.264. The molecular formula is C10H12O3. The van der Waals surface area contributed by atoms with Gasteiger partial charge in [-0.05, 0) is 31.8 Å². The van der Waals surface area contributed by atoms with Crippen LogP contribution < -0.4 is 0 Å². The Morgan fingerprint density at radius 1 is 1.62 bits per heavy atom. The van der Waals surface area contributed by atoms with Crippen molar-refractivity contribution >= 4 is 5.97 Å². The molecule has 2 aliphatic heterocycles. The van der Waals surface area contributed by atoms with Crippen LogP contribution in [-0.2, 0) is 14.3 Å². The SMILES string of the molecule is CC1=C[C@]23OCC[C@H]2C[C@@H]3C(=O)O1. The molecule has 2 heterocycles. The van der Waals surface area contributed by atoms with Gasteiger partial charge in [0.1, 0.15) is 11.4 Å². The van der Waals surface area contributed by atoms with Crippen molar-refractivity contribution in [2.45, 2.75) is 25.4 Å². The van der Waals surface area contributed by atoms with Crippen molar-refractivity contribution in [3.8, 4) is 0 Å². The van der Waals surface area contributed by atoms with E-state index in [4.69, 9.17) is 9.47 Å². The lowest BCUT2D eigenvalue weighted by atomic mass is 9.60. The Morgan fingerprint density at radius 3 is 3.23 bits per heavy atom. The van der Waals surface area contributed by atoms with E-state index in [1.54, 1.807) is 0 Å². The number of ether oxygens (including phenoxy) is 2. The van der Waals surface area contributed by atoms with Gasteiger partial charge in [-0.15, -0.1) is 0 Å². The first kappa shape index (κ1) is 7.56. The Balaban J connectivity index is 2.04. The fraction of sp³-hybridized carbons (Fsp3) is 0.700. The molecule has 0 radical (unpaired) electrons. The van der Waals surface area contributed by atoms with Crippen LogP contribution in [0.5, 0.6) is 0 Å². The molecule has 3 rings (SSSR count). The number of hydrogen-bond acceptors (Lipinski definition) is 3. The minimum Gasteiger partial charge on any atom is -0.431 e. The van der Waals surface area contributed by atoms with Gasteiger partial charge in [0.15, 0.2) is 0 Å². The van der Waals surface area contributed by atoms with Crippen molar-refractivity contribution in [2.75, 3.05) is 6.61 Å². The van der Waals surface area contributed by atoms with Gasteiger partial charge >= 0.3 is 5.97 Å². The average Bonchev–Trinajstić information content (AvgIpc) is 2.32. The van der Waals surface area contributed by atoms with Crippen molar-refractivity contribution in [3.05, 3.63) is 11.8 Å². The van der Waals surface area contributed by atoms with Gasteiger partial charge in [-0.1, -0.05) is 0 Å². The molecule has 0 N–H and O–H groups in total. The van der Waals surface area contributed by atoms with Gasteiger partial charge in [0.25, 0.3) is 0 Å². The largest absolute Gasteiger partial charge is 0.431 e. The molecule has 3 nitrogen and oxygen atoms in total. The lowest BCUT2D eigenvalue weighted by Gasteiger charge is -2.49. The normalized spacial score (nSPS) is 47.2. The lowest BCUT2D eigenvalue weighted by Crippen LogP contribution is -2.57. The maximum atomic E-state index is 11.5. The van der Waals surface area contributed by atoms with Crippen molar-refractivity contribution in [1.29, 1.82) is 0 Å². The molecule has 1 aliphatic carbocycles. The predicted octanol–water partition coefficient (Wildman–Crippen LogP) is 1.24. The quantitative estimate of drug-likeness (QED) is 0.526. The van der Waals surface area contributed by atoms with Gasteiger partial charge < -0.3 is 9.47 Å². The molecule has 1 saturated carbocycles. The molecule has 3 atom stereocenters. The maximum Gasteiger partial charge on any atom is 0.317 e. The van der Waals surface area contributed by atoms with Gasteiger partial charge in [-0.25, -0.2) is 0 Å². The molecule has 2 fully saturated rings. The van der Waals surface area contributed by atoms with Crippen LogP contribution in [0.3, 0.4) is 0 Å². The topological polar surface area (TPSA) is 35.5 Å². The fourth-order valence-electron chi connectivity index (χ4n) is 2.83. The summed E-state index contributed by atoms with van der Waals surface area (Å²) in [6.07, 6.45) is 4.04. The van der Waals surface area contributed by atoms with Crippen LogP contribution in [0, 0.1) is 11.8 Å². The predicted molar refractivity (Wildman–Crippen MR) is 44.7 cm³/mol. The first-order chi connectivity index (χ1) is 6.22. The van der Waals surface area contributed by atoms with Crippen molar-refractivity contribution in [2.24, 2.45) is 11.8 Å². The number of rotatable bonds is 0. The highest BCUT2D eigenvalue weighted by Crippen LogP contribution is 2.56. The zero-order valence-corrected chi connectivity index (χ0v) is 7.58. The molecule has 1 saturated heterocycles. The molecule has 0 aromatic carbocycles. The van der Waals surface area contributed by atoms with Gasteiger partial charge in [0.05, 0.1) is 5.92 Å². The molecule has 1 spiro atoms. The Morgan fingerprint density at radius 2 is 2.46 bits per heavy atom. The van der Waals surface area contributed by atoms with Crippen molar-refractivity contribution < 1.29 is 14.3 Å². The monoisotopic (exact) mass is 180 g/mol. The Bertz CT molecular complexity index is 307. The average molecular weight is 180 g/mol. The second kappa shape index (κ2) is 2.15. The molecule has 3 heteroatoms. The second-order valence-electron chi connectivity index (χ2n) is 4.15. The van der Waals surface area contributed by atoms with Gasteiger partial charge in [-0.3, -0.25) is 4.79 Å². The first-order valence-electron chi connectivity index (χ1n) is 4.77. The summed E-state index contributed by atoms with van der Waals surface area (Å²) in [7, 11) is 0. The summed E-state index contributed by atoms with van der Waals surface area (Å²) in [5.74, 6) is 1.13. The highest BCUT2D eigenvalue weighted by molar-refractivity contribution is 5.79. The van der Waals surface area contributed by atoms with E-state index in [1.807, 2.05) is 13.0 Å². The molecule has 0 unspecified atom stereocenters. The summed E-state index contributed by atoms with van der Waals surface area (Å²) < 4.78 is 10.8. The van der Waals surface area contributed by atoms with Crippen LogP contribution in [-0.4, -0.2) is 18.2 Å². The van der Waals surface area contributed by atoms with Gasteiger partial charge in [-0.2, -0.15) is 0 Å². The Labute approximate surface area is 76.7 Å². The Hall–Kier alpha value is -0.830. The highest BCUT2D eigenvalue weighted by atomic mass is 16.6. The number of hydrogen-bond donors (Lipinski definition) is 0. The van der Waals surface area contributed by atoms with E-state index in [0.29, 0.717) is 11.7 Å². The maximum absolute atomic E-state index is 11.5. The molecule has 0 aromatic rings. The van der Waals surface area contributed by atoms with E-state index < -0.39 is 0 Å². The minimum absolute atomic E-state index is 0.0244. The second-order valence-corrected chi connectivity index (χ2v) is 4.15. The third-order valence-corrected chi connectivity index (χ3v) is 3.50. The van der Waals surface area contributed by atoms with E-state index >= 15 is 0 Å². The van der Waals surface area contributed by atoms with E-state index in [1.165, 1.54) is 0 Å². The number of carbonyl (C=O) groups excluding carboxylic acids is 1. The molecule has 0 amide bonds. The van der Waals surface area contributed by atoms with Crippen LogP contribution in [0.15, 0.2) is 11.8 Å². The smallest absolute Gasteiger partial charge is 0.317 e. The third-order valence-electron chi connectivity index (χ3n) is 3.50. The zero-order valence-electron chi connectivity index (χ0n) is 7.58. The molecule has 0 aromatic heterocycles. The summed E-state index contributed by atoms with van der Waals surface area (Å²) in [5.41, 5.74) is -0.264. The van der Waals surface area contributed by atoms with Crippen molar-refractivity contribution in [1.82, 2.24) is 0 Å². The summed E-state index contributed by atoms with van der Waals surface area (Å²) in [6.45, 7) is 2.61. The van der Waals surface area contributed by atoms with Crippen LogP contribution >= 0.6 is 0 Å². The van der Waals surface area contributed by atoms with Crippen LogP contribution in [0.4, 0.5) is 0 Å². The number of allylic oxidation sites excluding steroid dienone is 1. The van der Waals surface area contributed by atoms with E-state index in [9.17, 15) is 4.79 Å². The zero-order chi connectivity index (χ0) is 9.05. The molecule has 3 aliphatic rings. The van der Waals surface area contributed by atoms with Crippen LogP contribution in [0.25, 0.3) is 0 Å². The number of cyclic esters (lactones) is 1. The van der Waals surface area contributed by atoms with E-state index in [0.717, 1.165) is 19.4 Å². The third kappa shape index (κ3) is 0.759. The highest BCUT2D eigenvalue weighted by Gasteiger charge is 2.63. The van der Waals surface area contributed by atoms with E-state index in [2.05, 4.69) is 0 Å². The first-order valence-corrected chi connectivity index (χ1v) is 4.77. The molecule has 70 valence electrons. The van der Waals surface area contributed by atoms with Crippen molar-refractivity contribution in [3.63, 3.8) is 0 Å². The summed E-state index contributed by atoms with van der Waals surface area (Å²) >= 11 is 0. The molecule has 0 bridgehead atoms. The number of esters is 1. The van der Waals surface area contributed by atoms with Crippen LogP contribution in [0.2, 0.25) is 0 Å².